The minimum atomic E-state index is -2.91. The zero-order valence-electron chi connectivity index (χ0n) is 13.7. The average molecular weight is 365 g/mol. The lowest BCUT2D eigenvalue weighted by atomic mass is 9.88. The van der Waals surface area contributed by atoms with Gasteiger partial charge in [-0.25, -0.2) is 0 Å². The molecule has 1 aliphatic heterocycles. The first-order chi connectivity index (χ1) is 11.0. The summed E-state index contributed by atoms with van der Waals surface area (Å²) in [7, 11) is 0. The molecule has 24 heavy (non-hydrogen) atoms. The Balaban J connectivity index is 0.00000288. The summed E-state index contributed by atoms with van der Waals surface area (Å²) in [6.45, 7) is 3.14. The Bertz CT molecular complexity index is 542. The van der Waals surface area contributed by atoms with Crippen LogP contribution in [0.2, 0.25) is 0 Å². The number of alkyl halides is 2. The van der Waals surface area contributed by atoms with Crippen molar-refractivity contribution in [2.75, 3.05) is 19.7 Å². The molecule has 2 rings (SSSR count). The lowest BCUT2D eigenvalue weighted by Gasteiger charge is -2.31. The molecule has 1 saturated heterocycles. The van der Waals surface area contributed by atoms with Gasteiger partial charge >= 0.3 is 6.61 Å². The van der Waals surface area contributed by atoms with E-state index in [4.69, 9.17) is 4.74 Å². The fraction of sp³-hybridized carbons (Fsp3) is 0.562. The SMILES string of the molecule is CCOc1cc(CNC(=O)C(C)C2CNC2)ccc1OC(F)F.Cl. The smallest absolute Gasteiger partial charge is 0.387 e. The van der Waals surface area contributed by atoms with Gasteiger partial charge in [-0.1, -0.05) is 13.0 Å². The number of benzene rings is 1. The maximum atomic E-state index is 12.4. The molecular weight excluding hydrogens is 342 g/mol. The van der Waals surface area contributed by atoms with Crippen molar-refractivity contribution in [1.82, 2.24) is 10.6 Å². The third-order valence-electron chi connectivity index (χ3n) is 3.92. The summed E-state index contributed by atoms with van der Waals surface area (Å²) < 4.78 is 34.5. The van der Waals surface area contributed by atoms with Crippen molar-refractivity contribution in [2.24, 2.45) is 11.8 Å². The van der Waals surface area contributed by atoms with E-state index >= 15 is 0 Å². The van der Waals surface area contributed by atoms with Crippen molar-refractivity contribution >= 4 is 18.3 Å². The van der Waals surface area contributed by atoms with E-state index in [0.717, 1.165) is 18.7 Å². The molecule has 0 aromatic heterocycles. The van der Waals surface area contributed by atoms with Crippen molar-refractivity contribution in [1.29, 1.82) is 0 Å². The third-order valence-corrected chi connectivity index (χ3v) is 3.92. The molecule has 2 N–H and O–H groups in total. The van der Waals surface area contributed by atoms with Gasteiger partial charge in [0.25, 0.3) is 0 Å². The number of halogens is 3. The predicted octanol–water partition coefficient (Wildman–Crippen LogP) is 2.58. The van der Waals surface area contributed by atoms with Gasteiger partial charge < -0.3 is 20.1 Å². The maximum absolute atomic E-state index is 12.4. The van der Waals surface area contributed by atoms with Crippen LogP contribution in [0.4, 0.5) is 8.78 Å². The Hall–Kier alpha value is -1.60. The quantitative estimate of drug-likeness (QED) is 0.744. The molecule has 1 amide bonds. The summed E-state index contributed by atoms with van der Waals surface area (Å²) in [6.07, 6.45) is 0. The summed E-state index contributed by atoms with van der Waals surface area (Å²) in [5, 5.41) is 6.01. The monoisotopic (exact) mass is 364 g/mol. The molecule has 1 aromatic carbocycles. The van der Waals surface area contributed by atoms with Crippen LogP contribution in [0, 0.1) is 11.8 Å². The maximum Gasteiger partial charge on any atom is 0.387 e. The summed E-state index contributed by atoms with van der Waals surface area (Å²) in [6, 6.07) is 4.67. The molecule has 0 radical (unpaired) electrons. The molecule has 8 heteroatoms. The van der Waals surface area contributed by atoms with E-state index in [9.17, 15) is 13.6 Å². The minimum absolute atomic E-state index is 0. The lowest BCUT2D eigenvalue weighted by molar-refractivity contribution is -0.126. The van der Waals surface area contributed by atoms with Crippen LogP contribution in [0.15, 0.2) is 18.2 Å². The number of ether oxygens (including phenoxy) is 2. The molecule has 1 fully saturated rings. The Labute approximate surface area is 146 Å². The highest BCUT2D eigenvalue weighted by molar-refractivity contribution is 5.85. The largest absolute Gasteiger partial charge is 0.490 e. The molecule has 5 nitrogen and oxygen atoms in total. The van der Waals surface area contributed by atoms with Gasteiger partial charge in [0.05, 0.1) is 6.61 Å². The molecule has 1 aliphatic rings. The zero-order chi connectivity index (χ0) is 16.8. The molecule has 1 unspecified atom stereocenters. The molecular formula is C16H23ClF2N2O3. The lowest BCUT2D eigenvalue weighted by Crippen LogP contribution is -2.49. The first kappa shape index (κ1) is 20.4. The van der Waals surface area contributed by atoms with Crippen LogP contribution in [-0.2, 0) is 11.3 Å². The van der Waals surface area contributed by atoms with Crippen LogP contribution in [0.3, 0.4) is 0 Å². The van der Waals surface area contributed by atoms with E-state index in [-0.39, 0.29) is 35.7 Å². The van der Waals surface area contributed by atoms with Crippen LogP contribution in [-0.4, -0.2) is 32.2 Å². The fourth-order valence-corrected chi connectivity index (χ4v) is 2.35. The highest BCUT2D eigenvalue weighted by Gasteiger charge is 2.28. The van der Waals surface area contributed by atoms with E-state index in [1.54, 1.807) is 19.1 Å². The topological polar surface area (TPSA) is 59.6 Å². The van der Waals surface area contributed by atoms with Gasteiger partial charge in [-0.05, 0) is 43.6 Å². The van der Waals surface area contributed by atoms with Crippen LogP contribution in [0.1, 0.15) is 19.4 Å². The number of carbonyl (C=O) groups excluding carboxylic acids is 1. The van der Waals surface area contributed by atoms with Gasteiger partial charge in [-0.15, -0.1) is 12.4 Å². The predicted molar refractivity (Wildman–Crippen MR) is 88.9 cm³/mol. The zero-order valence-corrected chi connectivity index (χ0v) is 14.5. The highest BCUT2D eigenvalue weighted by atomic mass is 35.5. The van der Waals surface area contributed by atoms with Gasteiger partial charge in [0.2, 0.25) is 5.91 Å². The molecule has 0 aliphatic carbocycles. The van der Waals surface area contributed by atoms with Crippen LogP contribution < -0.4 is 20.1 Å². The van der Waals surface area contributed by atoms with Gasteiger partial charge in [-0.2, -0.15) is 8.78 Å². The van der Waals surface area contributed by atoms with Crippen molar-refractivity contribution < 1.29 is 23.0 Å². The number of carbonyl (C=O) groups is 1. The Morgan fingerprint density at radius 3 is 2.62 bits per heavy atom. The molecule has 1 heterocycles. The first-order valence-corrected chi connectivity index (χ1v) is 7.70. The second-order valence-electron chi connectivity index (χ2n) is 5.52. The Kier molecular flexibility index (Phi) is 8.21. The van der Waals surface area contributed by atoms with Gasteiger partial charge in [0.15, 0.2) is 11.5 Å². The van der Waals surface area contributed by atoms with Crippen molar-refractivity contribution in [2.45, 2.75) is 27.0 Å². The molecule has 136 valence electrons. The number of hydrogen-bond acceptors (Lipinski definition) is 4. The standard InChI is InChI=1S/C16H22F2N2O3.ClH/c1-3-22-14-6-11(4-5-13(14)23-16(17)18)7-20-15(21)10(2)12-8-19-9-12;/h4-6,10,12,16,19H,3,7-9H2,1-2H3,(H,20,21);1H. The second-order valence-corrected chi connectivity index (χ2v) is 5.52. The average Bonchev–Trinajstić information content (AvgIpc) is 2.45. The molecule has 0 spiro atoms. The van der Waals surface area contributed by atoms with Crippen LogP contribution in [0.25, 0.3) is 0 Å². The summed E-state index contributed by atoms with van der Waals surface area (Å²) >= 11 is 0. The van der Waals surface area contributed by atoms with Crippen molar-refractivity contribution in [3.8, 4) is 11.5 Å². The highest BCUT2D eigenvalue weighted by Crippen LogP contribution is 2.30. The second kappa shape index (κ2) is 9.64. The fourth-order valence-electron chi connectivity index (χ4n) is 2.35. The van der Waals surface area contributed by atoms with Crippen LogP contribution in [0.5, 0.6) is 11.5 Å². The van der Waals surface area contributed by atoms with E-state index < -0.39 is 6.61 Å². The van der Waals surface area contributed by atoms with Crippen molar-refractivity contribution in [3.63, 3.8) is 0 Å². The van der Waals surface area contributed by atoms with Gasteiger partial charge in [-0.3, -0.25) is 4.79 Å². The normalized spacial score (nSPS) is 15.2. The van der Waals surface area contributed by atoms with Crippen molar-refractivity contribution in [3.05, 3.63) is 23.8 Å². The Morgan fingerprint density at radius 2 is 2.08 bits per heavy atom. The number of hydrogen-bond donors (Lipinski definition) is 2. The number of rotatable bonds is 8. The van der Waals surface area contributed by atoms with E-state index in [1.807, 2.05) is 6.92 Å². The molecule has 0 bridgehead atoms. The minimum Gasteiger partial charge on any atom is -0.490 e. The molecule has 1 atom stereocenters. The van der Waals surface area contributed by atoms with Gasteiger partial charge in [0.1, 0.15) is 0 Å². The third kappa shape index (κ3) is 5.49. The van der Waals surface area contributed by atoms with Gasteiger partial charge in [0, 0.05) is 12.5 Å². The Morgan fingerprint density at radius 1 is 1.38 bits per heavy atom. The van der Waals surface area contributed by atoms with E-state index in [1.165, 1.54) is 6.07 Å². The number of amides is 1. The first-order valence-electron chi connectivity index (χ1n) is 7.70. The summed E-state index contributed by atoms with van der Waals surface area (Å²) in [5.74, 6) is 0.545. The summed E-state index contributed by atoms with van der Waals surface area (Å²) in [5.41, 5.74) is 0.766. The molecule has 0 saturated carbocycles. The summed E-state index contributed by atoms with van der Waals surface area (Å²) in [4.78, 5) is 12.1. The number of nitrogens with one attached hydrogen (secondary N) is 2. The van der Waals surface area contributed by atoms with E-state index in [0.29, 0.717) is 19.1 Å². The van der Waals surface area contributed by atoms with E-state index in [2.05, 4.69) is 15.4 Å². The van der Waals surface area contributed by atoms with Crippen LogP contribution >= 0.6 is 12.4 Å². The molecule has 1 aromatic rings.